The van der Waals surface area contributed by atoms with Gasteiger partial charge in [-0.2, -0.15) is 0 Å². The Hall–Kier alpha value is -0.120. The third kappa shape index (κ3) is 9.28. The lowest BCUT2D eigenvalue weighted by molar-refractivity contribution is -0.0284. The monoisotopic (exact) mass is 495 g/mol. The van der Waals surface area contributed by atoms with E-state index < -0.39 is 0 Å². The number of aliphatic imine (C=N–C) groups is 1. The zero-order chi connectivity index (χ0) is 18.8. The smallest absolute Gasteiger partial charge is 0.191 e. The fourth-order valence-electron chi connectivity index (χ4n) is 4.15. The van der Waals surface area contributed by atoms with Crippen LogP contribution in [0.15, 0.2) is 4.99 Å². The van der Waals surface area contributed by atoms with E-state index in [1.165, 1.54) is 32.2 Å². The normalized spacial score (nSPS) is 25.3. The lowest BCUT2D eigenvalue weighted by Gasteiger charge is -2.35. The molecule has 0 aromatic rings. The van der Waals surface area contributed by atoms with Gasteiger partial charge in [0.15, 0.2) is 5.96 Å². The molecular weight excluding hydrogens is 453 g/mol. The summed E-state index contributed by atoms with van der Waals surface area (Å²) in [5.41, 5.74) is 0. The zero-order valence-electron chi connectivity index (χ0n) is 17.9. The van der Waals surface area contributed by atoms with E-state index in [9.17, 15) is 0 Å². The van der Waals surface area contributed by atoms with Crippen molar-refractivity contribution < 1.29 is 4.74 Å². The van der Waals surface area contributed by atoms with Crippen molar-refractivity contribution in [2.24, 2.45) is 10.9 Å². The van der Waals surface area contributed by atoms with Crippen molar-refractivity contribution in [2.45, 2.75) is 58.6 Å². The van der Waals surface area contributed by atoms with Gasteiger partial charge in [-0.1, -0.05) is 27.2 Å². The van der Waals surface area contributed by atoms with E-state index in [-0.39, 0.29) is 30.1 Å². The molecule has 0 aromatic heterocycles. The summed E-state index contributed by atoms with van der Waals surface area (Å²) in [6.07, 6.45) is 5.59. The van der Waals surface area contributed by atoms with Crippen molar-refractivity contribution in [3.05, 3.63) is 0 Å². The van der Waals surface area contributed by atoms with Crippen LogP contribution in [-0.2, 0) is 4.74 Å². The van der Waals surface area contributed by atoms with Crippen LogP contribution in [0.4, 0.5) is 0 Å². The first-order chi connectivity index (χ1) is 12.6. The van der Waals surface area contributed by atoms with Crippen molar-refractivity contribution in [3.8, 4) is 0 Å². The van der Waals surface area contributed by atoms with Crippen LogP contribution in [0.2, 0.25) is 0 Å². The summed E-state index contributed by atoms with van der Waals surface area (Å²) < 4.78 is 5.92. The molecule has 7 heteroatoms. The number of hydrogen-bond acceptors (Lipinski definition) is 4. The molecule has 0 saturated carbocycles. The summed E-state index contributed by atoms with van der Waals surface area (Å²) in [6.45, 7) is 15.0. The van der Waals surface area contributed by atoms with Gasteiger partial charge < -0.3 is 15.4 Å². The Morgan fingerprint density at radius 2 is 2.04 bits per heavy atom. The molecule has 0 amide bonds. The standard InChI is InChI=1S/C20H41N5O.HI/c1-5-18-8-6-7-10-25(18)11-9-22-20(21-4)23-14-19-16-24(12-13-26-19)15-17(2)3;/h17-19H,5-16H2,1-4H3,(H2,21,22,23);1H. The highest BCUT2D eigenvalue weighted by Gasteiger charge is 2.22. The molecule has 6 nitrogen and oxygen atoms in total. The molecule has 0 radical (unpaired) electrons. The van der Waals surface area contributed by atoms with Gasteiger partial charge in [0, 0.05) is 52.4 Å². The van der Waals surface area contributed by atoms with Gasteiger partial charge in [0.05, 0.1) is 12.7 Å². The number of morpholine rings is 1. The second-order valence-electron chi connectivity index (χ2n) is 8.12. The number of nitrogens with one attached hydrogen (secondary N) is 2. The Morgan fingerprint density at radius 3 is 2.74 bits per heavy atom. The zero-order valence-corrected chi connectivity index (χ0v) is 20.2. The van der Waals surface area contributed by atoms with E-state index in [4.69, 9.17) is 4.74 Å². The van der Waals surface area contributed by atoms with Crippen LogP contribution in [0.1, 0.15) is 46.5 Å². The second kappa shape index (κ2) is 14.0. The molecule has 2 unspecified atom stereocenters. The minimum Gasteiger partial charge on any atom is -0.374 e. The highest BCUT2D eigenvalue weighted by molar-refractivity contribution is 14.0. The summed E-state index contributed by atoms with van der Waals surface area (Å²) in [4.78, 5) is 9.52. The molecule has 2 aliphatic heterocycles. The molecule has 2 aliphatic rings. The molecular formula is C20H42IN5O. The first-order valence-corrected chi connectivity index (χ1v) is 10.6. The van der Waals surface area contributed by atoms with Gasteiger partial charge >= 0.3 is 0 Å². The van der Waals surface area contributed by atoms with Crippen molar-refractivity contribution in [1.82, 2.24) is 20.4 Å². The minimum absolute atomic E-state index is 0. The Labute approximate surface area is 183 Å². The van der Waals surface area contributed by atoms with E-state index in [0.29, 0.717) is 5.92 Å². The third-order valence-corrected chi connectivity index (χ3v) is 5.48. The van der Waals surface area contributed by atoms with Crippen LogP contribution in [0.5, 0.6) is 0 Å². The second-order valence-corrected chi connectivity index (χ2v) is 8.12. The number of guanidine groups is 1. The number of halogens is 1. The molecule has 0 spiro atoms. The number of ether oxygens (including phenoxy) is 1. The van der Waals surface area contributed by atoms with Crippen molar-refractivity contribution >= 4 is 29.9 Å². The third-order valence-electron chi connectivity index (χ3n) is 5.48. The van der Waals surface area contributed by atoms with E-state index >= 15 is 0 Å². The van der Waals surface area contributed by atoms with Gasteiger partial charge in [0.2, 0.25) is 0 Å². The summed E-state index contributed by atoms with van der Waals surface area (Å²) in [5.74, 6) is 1.59. The average molecular weight is 495 g/mol. The first-order valence-electron chi connectivity index (χ1n) is 10.6. The molecule has 160 valence electrons. The van der Waals surface area contributed by atoms with Crippen LogP contribution in [0, 0.1) is 5.92 Å². The topological polar surface area (TPSA) is 52.1 Å². The average Bonchev–Trinajstić information content (AvgIpc) is 2.64. The fraction of sp³-hybridized carbons (Fsp3) is 0.950. The molecule has 2 N–H and O–H groups in total. The largest absolute Gasteiger partial charge is 0.374 e. The van der Waals surface area contributed by atoms with E-state index in [2.05, 4.69) is 46.2 Å². The highest BCUT2D eigenvalue weighted by atomic mass is 127. The van der Waals surface area contributed by atoms with Crippen LogP contribution in [0.25, 0.3) is 0 Å². The van der Waals surface area contributed by atoms with Gasteiger partial charge in [-0.25, -0.2) is 0 Å². The molecule has 27 heavy (non-hydrogen) atoms. The predicted molar refractivity (Wildman–Crippen MR) is 125 cm³/mol. The summed E-state index contributed by atoms with van der Waals surface area (Å²) >= 11 is 0. The Morgan fingerprint density at radius 1 is 1.22 bits per heavy atom. The summed E-state index contributed by atoms with van der Waals surface area (Å²) in [5, 5.41) is 6.92. The predicted octanol–water partition coefficient (Wildman–Crippen LogP) is 2.39. The molecule has 2 fully saturated rings. The van der Waals surface area contributed by atoms with Gasteiger partial charge in [-0.3, -0.25) is 14.8 Å². The maximum Gasteiger partial charge on any atom is 0.191 e. The van der Waals surface area contributed by atoms with Gasteiger partial charge in [-0.05, 0) is 31.7 Å². The SMILES string of the molecule is CCC1CCCCN1CCNC(=NC)NCC1CN(CC(C)C)CCO1.I. The van der Waals surface area contributed by atoms with E-state index in [0.717, 1.165) is 57.9 Å². The number of rotatable bonds is 8. The van der Waals surface area contributed by atoms with Gasteiger partial charge in [0.25, 0.3) is 0 Å². The van der Waals surface area contributed by atoms with E-state index in [1.54, 1.807) is 0 Å². The van der Waals surface area contributed by atoms with Gasteiger partial charge in [0.1, 0.15) is 0 Å². The fourth-order valence-corrected chi connectivity index (χ4v) is 4.15. The molecule has 0 aliphatic carbocycles. The highest BCUT2D eigenvalue weighted by Crippen LogP contribution is 2.18. The van der Waals surface area contributed by atoms with E-state index in [1.807, 2.05) is 7.05 Å². The number of piperidine rings is 1. The molecule has 2 heterocycles. The van der Waals surface area contributed by atoms with Crippen LogP contribution in [-0.4, -0.2) is 87.4 Å². The van der Waals surface area contributed by atoms with Crippen LogP contribution < -0.4 is 10.6 Å². The quantitative estimate of drug-likeness (QED) is 0.308. The Bertz CT molecular complexity index is 421. The van der Waals surface area contributed by atoms with Crippen molar-refractivity contribution in [2.75, 3.05) is 59.5 Å². The number of hydrogen-bond donors (Lipinski definition) is 2. The maximum absolute atomic E-state index is 5.92. The summed E-state index contributed by atoms with van der Waals surface area (Å²) in [6, 6.07) is 0.767. The maximum atomic E-state index is 5.92. The Kier molecular flexibility index (Phi) is 12.9. The number of nitrogens with zero attached hydrogens (tertiary/aromatic N) is 3. The first kappa shape index (κ1) is 24.9. The van der Waals surface area contributed by atoms with Gasteiger partial charge in [-0.15, -0.1) is 24.0 Å². The lowest BCUT2D eigenvalue weighted by Crippen LogP contribution is -2.51. The molecule has 2 saturated heterocycles. The van der Waals surface area contributed by atoms with Crippen molar-refractivity contribution in [3.63, 3.8) is 0 Å². The molecule has 2 atom stereocenters. The lowest BCUT2D eigenvalue weighted by atomic mass is 10.0. The number of likely N-dealkylation sites (tertiary alicyclic amines) is 1. The summed E-state index contributed by atoms with van der Waals surface area (Å²) in [7, 11) is 1.85. The minimum atomic E-state index is 0. The van der Waals surface area contributed by atoms with Crippen LogP contribution >= 0.6 is 24.0 Å². The molecule has 0 bridgehead atoms. The van der Waals surface area contributed by atoms with Crippen LogP contribution in [0.3, 0.4) is 0 Å². The molecule has 0 aromatic carbocycles. The van der Waals surface area contributed by atoms with Crippen molar-refractivity contribution in [1.29, 1.82) is 0 Å². The Balaban J connectivity index is 0.00000364. The molecule has 2 rings (SSSR count).